The van der Waals surface area contributed by atoms with Crippen LogP contribution in [0.5, 0.6) is 0 Å². The predicted molar refractivity (Wildman–Crippen MR) is 71.9 cm³/mol. The summed E-state index contributed by atoms with van der Waals surface area (Å²) in [6.45, 7) is 2.56. The molecule has 0 aliphatic carbocycles. The zero-order chi connectivity index (χ0) is 13.0. The molecule has 0 bridgehead atoms. The lowest BCUT2D eigenvalue weighted by atomic mass is 10.1. The topological polar surface area (TPSA) is 49.3 Å². The summed E-state index contributed by atoms with van der Waals surface area (Å²) in [6, 6.07) is 15.2. The SMILES string of the molecule is Cc1ccc(C(=O)O)c(NCc2ccccc2)c1. The highest BCUT2D eigenvalue weighted by Crippen LogP contribution is 2.18. The molecule has 2 aromatic rings. The van der Waals surface area contributed by atoms with Gasteiger partial charge in [-0.3, -0.25) is 0 Å². The van der Waals surface area contributed by atoms with Gasteiger partial charge in [0.05, 0.1) is 5.56 Å². The molecule has 0 heterocycles. The van der Waals surface area contributed by atoms with Gasteiger partial charge in [0.2, 0.25) is 0 Å². The van der Waals surface area contributed by atoms with E-state index in [-0.39, 0.29) is 0 Å². The number of benzene rings is 2. The molecule has 3 heteroatoms. The molecule has 3 nitrogen and oxygen atoms in total. The van der Waals surface area contributed by atoms with Crippen LogP contribution in [-0.2, 0) is 6.54 Å². The molecule has 2 rings (SSSR count). The highest BCUT2D eigenvalue weighted by atomic mass is 16.4. The second-order valence-corrected chi connectivity index (χ2v) is 4.19. The predicted octanol–water partition coefficient (Wildman–Crippen LogP) is 3.31. The number of aromatic carboxylic acids is 1. The van der Waals surface area contributed by atoms with Gasteiger partial charge in [0, 0.05) is 12.2 Å². The van der Waals surface area contributed by atoms with Gasteiger partial charge in [-0.05, 0) is 30.2 Å². The smallest absolute Gasteiger partial charge is 0.337 e. The largest absolute Gasteiger partial charge is 0.478 e. The van der Waals surface area contributed by atoms with Gasteiger partial charge in [-0.25, -0.2) is 4.79 Å². The minimum absolute atomic E-state index is 0.302. The van der Waals surface area contributed by atoms with Crippen LogP contribution in [-0.4, -0.2) is 11.1 Å². The Morgan fingerprint density at radius 2 is 1.89 bits per heavy atom. The fourth-order valence-corrected chi connectivity index (χ4v) is 1.78. The minimum atomic E-state index is -0.912. The van der Waals surface area contributed by atoms with Gasteiger partial charge in [-0.15, -0.1) is 0 Å². The van der Waals surface area contributed by atoms with Crippen molar-refractivity contribution in [2.45, 2.75) is 13.5 Å². The first-order valence-electron chi connectivity index (χ1n) is 5.78. The number of anilines is 1. The van der Waals surface area contributed by atoms with Gasteiger partial charge in [0.15, 0.2) is 0 Å². The Bertz CT molecular complexity index is 550. The van der Waals surface area contributed by atoms with Crippen molar-refractivity contribution in [3.05, 3.63) is 65.2 Å². The van der Waals surface area contributed by atoms with Crippen LogP contribution in [0, 0.1) is 6.92 Å². The van der Waals surface area contributed by atoms with Crippen molar-refractivity contribution >= 4 is 11.7 Å². The summed E-state index contributed by atoms with van der Waals surface area (Å²) in [6.07, 6.45) is 0. The average Bonchev–Trinajstić information content (AvgIpc) is 2.37. The number of nitrogens with one attached hydrogen (secondary N) is 1. The summed E-state index contributed by atoms with van der Waals surface area (Å²) in [7, 11) is 0. The summed E-state index contributed by atoms with van der Waals surface area (Å²) >= 11 is 0. The summed E-state index contributed by atoms with van der Waals surface area (Å²) in [5, 5.41) is 12.3. The first-order chi connectivity index (χ1) is 8.66. The molecule has 0 aromatic heterocycles. The van der Waals surface area contributed by atoms with Gasteiger partial charge >= 0.3 is 5.97 Å². The van der Waals surface area contributed by atoms with Crippen LogP contribution in [0.4, 0.5) is 5.69 Å². The standard InChI is InChI=1S/C15H15NO2/c1-11-7-8-13(15(17)18)14(9-11)16-10-12-5-3-2-4-6-12/h2-9,16H,10H2,1H3,(H,17,18). The summed E-state index contributed by atoms with van der Waals surface area (Å²) in [5.74, 6) is -0.912. The Morgan fingerprint density at radius 3 is 2.56 bits per heavy atom. The zero-order valence-electron chi connectivity index (χ0n) is 10.2. The van der Waals surface area contributed by atoms with Crippen molar-refractivity contribution in [3.8, 4) is 0 Å². The molecule has 2 N–H and O–H groups in total. The Morgan fingerprint density at radius 1 is 1.17 bits per heavy atom. The molecule has 0 spiro atoms. The van der Waals surface area contributed by atoms with Crippen molar-refractivity contribution in [3.63, 3.8) is 0 Å². The fourth-order valence-electron chi connectivity index (χ4n) is 1.78. The molecule has 0 saturated carbocycles. The molecule has 18 heavy (non-hydrogen) atoms. The van der Waals surface area contributed by atoms with Crippen molar-refractivity contribution in [1.82, 2.24) is 0 Å². The van der Waals surface area contributed by atoms with E-state index in [1.54, 1.807) is 12.1 Å². The molecule has 92 valence electrons. The monoisotopic (exact) mass is 241 g/mol. The molecule has 0 atom stereocenters. The summed E-state index contributed by atoms with van der Waals surface area (Å²) in [4.78, 5) is 11.1. The van der Waals surface area contributed by atoms with Crippen molar-refractivity contribution < 1.29 is 9.90 Å². The van der Waals surface area contributed by atoms with Crippen LogP contribution in [0.1, 0.15) is 21.5 Å². The number of hydrogen-bond acceptors (Lipinski definition) is 2. The quantitative estimate of drug-likeness (QED) is 0.863. The van der Waals surface area contributed by atoms with E-state index in [0.29, 0.717) is 17.8 Å². The number of carbonyl (C=O) groups is 1. The van der Waals surface area contributed by atoms with Crippen LogP contribution in [0.15, 0.2) is 48.5 Å². The third-order valence-corrected chi connectivity index (χ3v) is 2.73. The number of hydrogen-bond donors (Lipinski definition) is 2. The van der Waals surface area contributed by atoms with Crippen molar-refractivity contribution in [2.75, 3.05) is 5.32 Å². The molecular weight excluding hydrogens is 226 g/mol. The number of rotatable bonds is 4. The summed E-state index contributed by atoms with van der Waals surface area (Å²) in [5.41, 5.74) is 3.12. The van der Waals surface area contributed by atoms with E-state index in [9.17, 15) is 4.79 Å². The van der Waals surface area contributed by atoms with Crippen molar-refractivity contribution in [1.29, 1.82) is 0 Å². The molecule has 0 aliphatic heterocycles. The van der Waals surface area contributed by atoms with E-state index >= 15 is 0 Å². The lowest BCUT2D eigenvalue weighted by Crippen LogP contribution is -2.06. The zero-order valence-corrected chi connectivity index (χ0v) is 10.2. The molecule has 2 aromatic carbocycles. The summed E-state index contributed by atoms with van der Waals surface area (Å²) < 4.78 is 0. The Labute approximate surface area is 106 Å². The maximum atomic E-state index is 11.1. The highest BCUT2D eigenvalue weighted by molar-refractivity contribution is 5.94. The maximum absolute atomic E-state index is 11.1. The van der Waals surface area contributed by atoms with E-state index in [4.69, 9.17) is 5.11 Å². The Hall–Kier alpha value is -2.29. The van der Waals surface area contributed by atoms with Crippen LogP contribution < -0.4 is 5.32 Å². The molecule has 0 unspecified atom stereocenters. The van der Waals surface area contributed by atoms with Crippen LogP contribution in [0.3, 0.4) is 0 Å². The van der Waals surface area contributed by atoms with E-state index in [1.807, 2.05) is 43.3 Å². The van der Waals surface area contributed by atoms with Crippen molar-refractivity contribution in [2.24, 2.45) is 0 Å². The Kier molecular flexibility index (Phi) is 3.63. The second-order valence-electron chi connectivity index (χ2n) is 4.19. The van der Waals surface area contributed by atoms with Gasteiger partial charge in [0.1, 0.15) is 0 Å². The minimum Gasteiger partial charge on any atom is -0.478 e. The van der Waals surface area contributed by atoms with E-state index < -0.39 is 5.97 Å². The molecule has 0 saturated heterocycles. The molecule has 0 radical (unpaired) electrons. The number of carboxylic acid groups (broad SMARTS) is 1. The third kappa shape index (κ3) is 2.88. The third-order valence-electron chi connectivity index (χ3n) is 2.73. The lowest BCUT2D eigenvalue weighted by Gasteiger charge is -2.10. The lowest BCUT2D eigenvalue weighted by molar-refractivity contribution is 0.0698. The van der Waals surface area contributed by atoms with Gasteiger partial charge in [-0.1, -0.05) is 36.4 Å². The first kappa shape index (κ1) is 12.2. The van der Waals surface area contributed by atoms with Crippen LogP contribution in [0.25, 0.3) is 0 Å². The normalized spacial score (nSPS) is 10.1. The second kappa shape index (κ2) is 5.36. The molecule has 0 amide bonds. The van der Waals surface area contributed by atoms with E-state index in [2.05, 4.69) is 5.32 Å². The average molecular weight is 241 g/mol. The Balaban J connectivity index is 2.18. The van der Waals surface area contributed by atoms with Gasteiger partial charge in [0.25, 0.3) is 0 Å². The van der Waals surface area contributed by atoms with E-state index in [1.165, 1.54) is 0 Å². The van der Waals surface area contributed by atoms with Gasteiger partial charge in [-0.2, -0.15) is 0 Å². The fraction of sp³-hybridized carbons (Fsp3) is 0.133. The van der Waals surface area contributed by atoms with Crippen LogP contribution in [0.2, 0.25) is 0 Å². The number of aryl methyl sites for hydroxylation is 1. The van der Waals surface area contributed by atoms with E-state index in [0.717, 1.165) is 11.1 Å². The maximum Gasteiger partial charge on any atom is 0.337 e. The molecule has 0 fully saturated rings. The first-order valence-corrected chi connectivity index (χ1v) is 5.78. The van der Waals surface area contributed by atoms with Gasteiger partial charge < -0.3 is 10.4 Å². The highest BCUT2D eigenvalue weighted by Gasteiger charge is 2.09. The molecule has 0 aliphatic rings. The van der Waals surface area contributed by atoms with Crippen LogP contribution >= 0.6 is 0 Å². The molecular formula is C15H15NO2. The number of carboxylic acids is 1.